The summed E-state index contributed by atoms with van der Waals surface area (Å²) in [6.07, 6.45) is 3.84. The second-order valence-electron chi connectivity index (χ2n) is 4.68. The first-order valence-electron chi connectivity index (χ1n) is 6.48. The van der Waals surface area contributed by atoms with Gasteiger partial charge in [0, 0.05) is 6.20 Å². The summed E-state index contributed by atoms with van der Waals surface area (Å²) in [7, 11) is 0. The van der Waals surface area contributed by atoms with Gasteiger partial charge >= 0.3 is 12.0 Å². The van der Waals surface area contributed by atoms with Crippen LogP contribution in [0.1, 0.15) is 31.7 Å². The summed E-state index contributed by atoms with van der Waals surface area (Å²) < 4.78 is 0. The molecule has 2 atom stereocenters. The number of carboxylic acid groups (broad SMARTS) is 1. The number of aliphatic carboxylic acids is 1. The van der Waals surface area contributed by atoms with Gasteiger partial charge in [0.05, 0.1) is 24.1 Å². The fourth-order valence-corrected chi connectivity index (χ4v) is 1.56. The maximum absolute atomic E-state index is 11.7. The molecule has 0 saturated carbocycles. The molecule has 0 aliphatic heterocycles. The zero-order chi connectivity index (χ0) is 15.1. The number of carbonyl (C=O) groups excluding carboxylic acids is 1. The zero-order valence-electron chi connectivity index (χ0n) is 11.9. The Morgan fingerprint density at radius 2 is 2.05 bits per heavy atom. The molecule has 0 spiro atoms. The van der Waals surface area contributed by atoms with Crippen LogP contribution in [-0.4, -0.2) is 33.1 Å². The summed E-state index contributed by atoms with van der Waals surface area (Å²) in [5, 5.41) is 14.1. The standard InChI is InChI=1S/C13H20N4O3/c1-4-8(2)11(12(18)19)17-13(20)16-7-10-6-14-9(3)5-15-10/h5-6,8,11H,4,7H2,1-3H3,(H,18,19)(H2,16,17,20)/t8?,11-/m0/s1. The Balaban J connectivity index is 2.49. The van der Waals surface area contributed by atoms with E-state index in [2.05, 4.69) is 20.6 Å². The molecule has 110 valence electrons. The maximum atomic E-state index is 11.7. The third-order valence-corrected chi connectivity index (χ3v) is 3.03. The van der Waals surface area contributed by atoms with Crippen molar-refractivity contribution in [2.24, 2.45) is 5.92 Å². The summed E-state index contributed by atoms with van der Waals surface area (Å²) in [6, 6.07) is -1.43. The van der Waals surface area contributed by atoms with Gasteiger partial charge in [-0.1, -0.05) is 20.3 Å². The van der Waals surface area contributed by atoms with Crippen LogP contribution in [0.5, 0.6) is 0 Å². The van der Waals surface area contributed by atoms with E-state index in [9.17, 15) is 9.59 Å². The van der Waals surface area contributed by atoms with E-state index in [1.165, 1.54) is 0 Å². The van der Waals surface area contributed by atoms with Crippen molar-refractivity contribution in [1.82, 2.24) is 20.6 Å². The van der Waals surface area contributed by atoms with Crippen molar-refractivity contribution in [3.63, 3.8) is 0 Å². The van der Waals surface area contributed by atoms with Crippen LogP contribution in [0.4, 0.5) is 4.79 Å². The number of aromatic nitrogens is 2. The second-order valence-corrected chi connectivity index (χ2v) is 4.68. The van der Waals surface area contributed by atoms with Gasteiger partial charge in [-0.2, -0.15) is 0 Å². The molecule has 1 unspecified atom stereocenters. The molecular weight excluding hydrogens is 260 g/mol. The second kappa shape index (κ2) is 7.42. The number of carboxylic acids is 1. The van der Waals surface area contributed by atoms with E-state index in [-0.39, 0.29) is 12.5 Å². The predicted molar refractivity (Wildman–Crippen MR) is 73.0 cm³/mol. The SMILES string of the molecule is CCC(C)[C@H](NC(=O)NCc1cnc(C)cn1)C(=O)O. The van der Waals surface area contributed by atoms with Crippen LogP contribution in [0.2, 0.25) is 0 Å². The lowest BCUT2D eigenvalue weighted by molar-refractivity contribution is -0.140. The molecule has 0 aliphatic rings. The molecule has 1 aromatic rings. The summed E-state index contributed by atoms with van der Waals surface area (Å²) in [4.78, 5) is 30.9. The smallest absolute Gasteiger partial charge is 0.326 e. The first-order valence-corrected chi connectivity index (χ1v) is 6.48. The van der Waals surface area contributed by atoms with Crippen molar-refractivity contribution in [2.75, 3.05) is 0 Å². The minimum Gasteiger partial charge on any atom is -0.480 e. The van der Waals surface area contributed by atoms with Crippen molar-refractivity contribution in [3.8, 4) is 0 Å². The third-order valence-electron chi connectivity index (χ3n) is 3.03. The molecule has 3 N–H and O–H groups in total. The molecule has 7 heteroatoms. The first-order chi connectivity index (χ1) is 9.43. The highest BCUT2D eigenvalue weighted by atomic mass is 16.4. The van der Waals surface area contributed by atoms with Gasteiger partial charge in [-0.25, -0.2) is 9.59 Å². The zero-order valence-corrected chi connectivity index (χ0v) is 11.9. The summed E-state index contributed by atoms with van der Waals surface area (Å²) in [5.74, 6) is -1.18. The van der Waals surface area contributed by atoms with E-state index in [4.69, 9.17) is 5.11 Å². The van der Waals surface area contributed by atoms with Gasteiger partial charge in [0.15, 0.2) is 0 Å². The average Bonchev–Trinajstić information content (AvgIpc) is 2.43. The largest absolute Gasteiger partial charge is 0.480 e. The molecule has 2 amide bonds. The monoisotopic (exact) mass is 280 g/mol. The Kier molecular flexibility index (Phi) is 5.89. The van der Waals surface area contributed by atoms with Crippen molar-refractivity contribution in [2.45, 2.75) is 39.8 Å². The number of carbonyl (C=O) groups is 2. The molecule has 20 heavy (non-hydrogen) atoms. The number of nitrogens with one attached hydrogen (secondary N) is 2. The molecule has 1 rings (SSSR count). The van der Waals surface area contributed by atoms with E-state index < -0.39 is 18.0 Å². The molecule has 0 fully saturated rings. The van der Waals surface area contributed by atoms with Crippen LogP contribution >= 0.6 is 0 Å². The van der Waals surface area contributed by atoms with Gasteiger partial charge in [-0.05, 0) is 12.8 Å². The number of amides is 2. The molecule has 0 bridgehead atoms. The topological polar surface area (TPSA) is 104 Å². The predicted octanol–water partition coefficient (Wildman–Crippen LogP) is 1.08. The summed E-state index contributed by atoms with van der Waals surface area (Å²) in [5.41, 5.74) is 1.40. The van der Waals surface area contributed by atoms with E-state index in [1.807, 2.05) is 13.8 Å². The molecule has 7 nitrogen and oxygen atoms in total. The minimum absolute atomic E-state index is 0.141. The quantitative estimate of drug-likeness (QED) is 0.723. The van der Waals surface area contributed by atoms with E-state index in [0.717, 1.165) is 5.69 Å². The number of nitrogens with zero attached hydrogens (tertiary/aromatic N) is 2. The molecule has 0 saturated heterocycles. The Labute approximate surface area is 117 Å². The van der Waals surface area contributed by atoms with E-state index >= 15 is 0 Å². The van der Waals surface area contributed by atoms with Gasteiger partial charge in [0.2, 0.25) is 0 Å². The summed E-state index contributed by atoms with van der Waals surface area (Å²) >= 11 is 0. The highest BCUT2D eigenvalue weighted by Gasteiger charge is 2.25. The van der Waals surface area contributed by atoms with Crippen LogP contribution in [0, 0.1) is 12.8 Å². The highest BCUT2D eigenvalue weighted by Crippen LogP contribution is 2.07. The highest BCUT2D eigenvalue weighted by molar-refractivity contribution is 5.82. The maximum Gasteiger partial charge on any atom is 0.326 e. The lowest BCUT2D eigenvalue weighted by Crippen LogP contribution is -2.48. The molecule has 0 radical (unpaired) electrons. The average molecular weight is 280 g/mol. The van der Waals surface area contributed by atoms with Gasteiger partial charge in [-0.15, -0.1) is 0 Å². The Hall–Kier alpha value is -2.18. The van der Waals surface area contributed by atoms with Crippen molar-refractivity contribution in [3.05, 3.63) is 23.8 Å². The number of hydrogen-bond acceptors (Lipinski definition) is 4. The Morgan fingerprint density at radius 1 is 1.35 bits per heavy atom. The summed E-state index contributed by atoms with van der Waals surface area (Å²) in [6.45, 7) is 5.68. The fraction of sp³-hybridized carbons (Fsp3) is 0.538. The van der Waals surface area contributed by atoms with Crippen LogP contribution in [0.25, 0.3) is 0 Å². The van der Waals surface area contributed by atoms with Gasteiger partial charge in [-0.3, -0.25) is 9.97 Å². The molecular formula is C13H20N4O3. The van der Waals surface area contributed by atoms with Crippen molar-refractivity contribution < 1.29 is 14.7 Å². The molecule has 0 aromatic carbocycles. The number of hydrogen-bond donors (Lipinski definition) is 3. The van der Waals surface area contributed by atoms with Crippen molar-refractivity contribution in [1.29, 1.82) is 0 Å². The number of urea groups is 1. The van der Waals surface area contributed by atoms with Gasteiger partial charge < -0.3 is 15.7 Å². The molecule has 1 aromatic heterocycles. The fourth-order valence-electron chi connectivity index (χ4n) is 1.56. The van der Waals surface area contributed by atoms with Crippen LogP contribution in [0.15, 0.2) is 12.4 Å². The van der Waals surface area contributed by atoms with Gasteiger partial charge in [0.25, 0.3) is 0 Å². The number of aryl methyl sites for hydroxylation is 1. The third kappa shape index (κ3) is 4.83. The lowest BCUT2D eigenvalue weighted by Gasteiger charge is -2.20. The van der Waals surface area contributed by atoms with Crippen LogP contribution in [0.3, 0.4) is 0 Å². The van der Waals surface area contributed by atoms with E-state index in [1.54, 1.807) is 19.3 Å². The Bertz CT molecular complexity index is 461. The van der Waals surface area contributed by atoms with Gasteiger partial charge in [0.1, 0.15) is 6.04 Å². The minimum atomic E-state index is -1.04. The van der Waals surface area contributed by atoms with Crippen molar-refractivity contribution >= 4 is 12.0 Å². The normalized spacial score (nSPS) is 13.3. The Morgan fingerprint density at radius 3 is 2.55 bits per heavy atom. The number of rotatable bonds is 6. The molecule has 0 aliphatic carbocycles. The van der Waals surface area contributed by atoms with E-state index in [0.29, 0.717) is 12.1 Å². The van der Waals surface area contributed by atoms with Crippen LogP contribution < -0.4 is 10.6 Å². The molecule has 1 heterocycles. The first kappa shape index (κ1) is 15.9. The van der Waals surface area contributed by atoms with Crippen LogP contribution in [-0.2, 0) is 11.3 Å². The lowest BCUT2D eigenvalue weighted by atomic mass is 9.99.